The van der Waals surface area contributed by atoms with Gasteiger partial charge >= 0.3 is 0 Å². The molecule has 6 nitrogen and oxygen atoms in total. The lowest BCUT2D eigenvalue weighted by Gasteiger charge is -2.06. The van der Waals surface area contributed by atoms with Gasteiger partial charge in [0, 0.05) is 9.79 Å². The topological polar surface area (TPSA) is 87.1 Å². The van der Waals surface area contributed by atoms with Gasteiger partial charge in [0.25, 0.3) is 5.91 Å². The summed E-state index contributed by atoms with van der Waals surface area (Å²) < 4.78 is 18.1. The summed E-state index contributed by atoms with van der Waals surface area (Å²) in [7, 11) is 0. The van der Waals surface area contributed by atoms with Crippen LogP contribution >= 0.6 is 11.3 Å². The van der Waals surface area contributed by atoms with Crippen molar-refractivity contribution in [2.45, 2.75) is 6.54 Å². The third-order valence-electron chi connectivity index (χ3n) is 2.65. The first kappa shape index (κ1) is 15.8. The summed E-state index contributed by atoms with van der Waals surface area (Å²) in [6.45, 7) is 0.857. The molecule has 1 amide bonds. The van der Waals surface area contributed by atoms with Crippen LogP contribution in [0.4, 0.5) is 4.39 Å². The maximum atomic E-state index is 12.7. The number of thiophene rings is 1. The molecular formula is C14H13FN4O2S. The van der Waals surface area contributed by atoms with E-state index in [0.29, 0.717) is 17.2 Å². The number of nitrogens with one attached hydrogen (secondary N) is 1. The van der Waals surface area contributed by atoms with E-state index in [1.54, 1.807) is 12.1 Å². The number of rotatable bonds is 7. The maximum Gasteiger partial charge on any atom is 0.261 e. The predicted octanol–water partition coefficient (Wildman–Crippen LogP) is 3.51. The summed E-state index contributed by atoms with van der Waals surface area (Å²) in [6.07, 6.45) is 0. The van der Waals surface area contributed by atoms with E-state index in [0.717, 1.165) is 4.88 Å². The van der Waals surface area contributed by atoms with E-state index in [2.05, 4.69) is 15.3 Å². The number of nitrogens with zero attached hydrogens (tertiary/aromatic N) is 3. The Morgan fingerprint density at radius 2 is 2.09 bits per heavy atom. The molecule has 0 unspecified atom stereocenters. The lowest BCUT2D eigenvalue weighted by Crippen LogP contribution is -2.27. The second-order valence-electron chi connectivity index (χ2n) is 4.21. The smallest absolute Gasteiger partial charge is 0.261 e. The first-order valence-electron chi connectivity index (χ1n) is 6.45. The average Bonchev–Trinajstić information content (AvgIpc) is 3.00. The molecule has 2 rings (SSSR count). The molecule has 22 heavy (non-hydrogen) atoms. The molecule has 0 saturated carbocycles. The molecule has 0 aliphatic rings. The minimum Gasteiger partial charge on any atom is -0.492 e. The van der Waals surface area contributed by atoms with Crippen LogP contribution in [0.1, 0.15) is 14.5 Å². The molecular weight excluding hydrogens is 307 g/mol. The van der Waals surface area contributed by atoms with Gasteiger partial charge in [0.1, 0.15) is 18.2 Å². The first-order valence-corrected chi connectivity index (χ1v) is 7.27. The molecule has 1 aromatic carbocycles. The van der Waals surface area contributed by atoms with Gasteiger partial charge in [0.2, 0.25) is 0 Å². The van der Waals surface area contributed by atoms with Crippen molar-refractivity contribution in [1.82, 2.24) is 5.32 Å². The van der Waals surface area contributed by atoms with E-state index >= 15 is 0 Å². The number of benzene rings is 1. The highest BCUT2D eigenvalue weighted by Gasteiger charge is 2.08. The van der Waals surface area contributed by atoms with E-state index in [9.17, 15) is 9.18 Å². The Labute approximate surface area is 130 Å². The fourth-order valence-electron chi connectivity index (χ4n) is 1.64. The molecule has 0 saturated heterocycles. The molecule has 0 fully saturated rings. The molecule has 0 bridgehead atoms. The Morgan fingerprint density at radius 3 is 2.82 bits per heavy atom. The minimum absolute atomic E-state index is 0.208. The number of ether oxygens (including phenoxy) is 1. The summed E-state index contributed by atoms with van der Waals surface area (Å²) in [5.41, 5.74) is 8.24. The second kappa shape index (κ2) is 8.02. The maximum absolute atomic E-state index is 12.7. The van der Waals surface area contributed by atoms with Crippen molar-refractivity contribution in [3.8, 4) is 5.75 Å². The first-order chi connectivity index (χ1) is 10.7. The Bertz CT molecular complexity index is 680. The van der Waals surface area contributed by atoms with Crippen LogP contribution in [0.3, 0.4) is 0 Å². The van der Waals surface area contributed by atoms with Gasteiger partial charge in [0.05, 0.1) is 18.0 Å². The number of halogens is 1. The fraction of sp³-hybridized carbons (Fsp3) is 0.214. The summed E-state index contributed by atoms with van der Waals surface area (Å²) in [6, 6.07) is 9.11. The van der Waals surface area contributed by atoms with Crippen molar-refractivity contribution in [1.29, 1.82) is 0 Å². The molecule has 0 spiro atoms. The van der Waals surface area contributed by atoms with Crippen LogP contribution in [0, 0.1) is 5.82 Å². The van der Waals surface area contributed by atoms with Gasteiger partial charge in [-0.05, 0) is 41.9 Å². The molecule has 0 atom stereocenters. The summed E-state index contributed by atoms with van der Waals surface area (Å²) in [5.74, 6) is 0.0122. The Balaban J connectivity index is 1.74. The van der Waals surface area contributed by atoms with Crippen molar-refractivity contribution in [3.63, 3.8) is 0 Å². The van der Waals surface area contributed by atoms with E-state index in [1.807, 2.05) is 0 Å². The highest BCUT2D eigenvalue weighted by molar-refractivity contribution is 7.14. The van der Waals surface area contributed by atoms with Gasteiger partial charge in [-0.3, -0.25) is 4.79 Å². The highest BCUT2D eigenvalue weighted by Crippen LogP contribution is 2.17. The summed E-state index contributed by atoms with van der Waals surface area (Å²) in [4.78, 5) is 15.9. The molecule has 1 heterocycles. The molecule has 8 heteroatoms. The Kier molecular flexibility index (Phi) is 5.76. The van der Waals surface area contributed by atoms with Gasteiger partial charge in [0.15, 0.2) is 0 Å². The zero-order chi connectivity index (χ0) is 15.8. The minimum atomic E-state index is -0.324. The van der Waals surface area contributed by atoms with E-state index in [-0.39, 0.29) is 24.9 Å². The lowest BCUT2D eigenvalue weighted by atomic mass is 10.3. The van der Waals surface area contributed by atoms with Gasteiger partial charge < -0.3 is 10.1 Å². The van der Waals surface area contributed by atoms with E-state index in [4.69, 9.17) is 10.3 Å². The molecule has 0 radical (unpaired) electrons. The highest BCUT2D eigenvalue weighted by atomic mass is 32.1. The molecule has 0 aliphatic heterocycles. The molecule has 1 aromatic heterocycles. The van der Waals surface area contributed by atoms with Gasteiger partial charge in [-0.25, -0.2) is 4.39 Å². The zero-order valence-corrected chi connectivity index (χ0v) is 12.3. The van der Waals surface area contributed by atoms with Crippen molar-refractivity contribution in [2.24, 2.45) is 5.11 Å². The van der Waals surface area contributed by atoms with Crippen LogP contribution < -0.4 is 10.1 Å². The van der Waals surface area contributed by atoms with Crippen molar-refractivity contribution >= 4 is 17.2 Å². The van der Waals surface area contributed by atoms with Crippen LogP contribution in [0.15, 0.2) is 41.5 Å². The van der Waals surface area contributed by atoms with Gasteiger partial charge in [-0.15, -0.1) is 11.3 Å². The van der Waals surface area contributed by atoms with Crippen LogP contribution in [-0.2, 0) is 6.54 Å². The van der Waals surface area contributed by atoms with Crippen LogP contribution in [0.2, 0.25) is 0 Å². The largest absolute Gasteiger partial charge is 0.492 e. The summed E-state index contributed by atoms with van der Waals surface area (Å²) in [5, 5.41) is 6.16. The predicted molar refractivity (Wildman–Crippen MR) is 81.4 cm³/mol. The van der Waals surface area contributed by atoms with Crippen LogP contribution in [0.25, 0.3) is 10.4 Å². The Morgan fingerprint density at radius 1 is 1.32 bits per heavy atom. The van der Waals surface area contributed by atoms with Crippen LogP contribution in [0.5, 0.6) is 5.75 Å². The summed E-state index contributed by atoms with van der Waals surface area (Å²) >= 11 is 1.28. The number of hydrogen-bond acceptors (Lipinski definition) is 4. The monoisotopic (exact) mass is 320 g/mol. The van der Waals surface area contributed by atoms with Gasteiger partial charge in [-0.1, -0.05) is 5.11 Å². The number of carbonyl (C=O) groups is 1. The molecule has 1 N–H and O–H groups in total. The number of azide groups is 1. The van der Waals surface area contributed by atoms with E-state index in [1.165, 1.54) is 35.6 Å². The third kappa shape index (κ3) is 4.76. The molecule has 2 aromatic rings. The number of amides is 1. The van der Waals surface area contributed by atoms with Crippen LogP contribution in [-0.4, -0.2) is 19.1 Å². The number of hydrogen-bond donors (Lipinski definition) is 1. The Hall–Kier alpha value is -2.57. The quantitative estimate of drug-likeness (QED) is 0.366. The standard InChI is InChI=1S/C14H13FN4O2S/c15-10-1-3-11(4-2-10)21-8-7-17-14(20)13-6-5-12(22-13)9-18-19-16/h1-6H,7-9H2,(H,17,20). The van der Waals surface area contributed by atoms with E-state index < -0.39 is 0 Å². The zero-order valence-electron chi connectivity index (χ0n) is 11.5. The fourth-order valence-corrected chi connectivity index (χ4v) is 2.48. The van der Waals surface area contributed by atoms with Crippen molar-refractivity contribution in [2.75, 3.05) is 13.2 Å². The average molecular weight is 320 g/mol. The molecule has 114 valence electrons. The van der Waals surface area contributed by atoms with Gasteiger partial charge in [-0.2, -0.15) is 0 Å². The number of carbonyl (C=O) groups excluding carboxylic acids is 1. The normalized spacial score (nSPS) is 9.86. The van der Waals surface area contributed by atoms with Crippen molar-refractivity contribution < 1.29 is 13.9 Å². The third-order valence-corrected chi connectivity index (χ3v) is 3.71. The van der Waals surface area contributed by atoms with Crippen molar-refractivity contribution in [3.05, 3.63) is 62.4 Å². The molecule has 0 aliphatic carbocycles. The second-order valence-corrected chi connectivity index (χ2v) is 5.38. The SMILES string of the molecule is [N-]=[N+]=NCc1ccc(C(=O)NCCOc2ccc(F)cc2)s1. The lowest BCUT2D eigenvalue weighted by molar-refractivity contribution is 0.0951.